The zero-order chi connectivity index (χ0) is 23.4. The van der Waals surface area contributed by atoms with Crippen molar-refractivity contribution in [3.05, 3.63) is 53.6 Å². The highest BCUT2D eigenvalue weighted by molar-refractivity contribution is 5.92. The van der Waals surface area contributed by atoms with Gasteiger partial charge in [0.15, 0.2) is 0 Å². The van der Waals surface area contributed by atoms with Crippen LogP contribution in [0.15, 0.2) is 36.7 Å². The largest absolute Gasteiger partial charge is 0.489 e. The summed E-state index contributed by atoms with van der Waals surface area (Å²) in [7, 11) is 0. The van der Waals surface area contributed by atoms with Gasteiger partial charge in [-0.2, -0.15) is 0 Å². The van der Waals surface area contributed by atoms with Gasteiger partial charge in [0, 0.05) is 44.9 Å². The molecule has 2 aromatic heterocycles. The van der Waals surface area contributed by atoms with Crippen LogP contribution < -0.4 is 4.74 Å². The van der Waals surface area contributed by atoms with E-state index in [0.29, 0.717) is 25.4 Å². The maximum Gasteiger partial charge on any atom is 0.272 e. The second kappa shape index (κ2) is 10.2. The number of rotatable bonds is 6. The Bertz CT molecular complexity index is 942. The first-order valence-corrected chi connectivity index (χ1v) is 12.0. The molecule has 0 unspecified atom stereocenters. The van der Waals surface area contributed by atoms with Crippen LogP contribution in [0.5, 0.6) is 5.75 Å². The number of pyridine rings is 2. The van der Waals surface area contributed by atoms with E-state index in [1.54, 1.807) is 12.3 Å². The Hall–Kier alpha value is -2.51. The van der Waals surface area contributed by atoms with E-state index in [4.69, 9.17) is 14.2 Å². The molecule has 4 heterocycles. The van der Waals surface area contributed by atoms with Gasteiger partial charge in [0.05, 0.1) is 29.6 Å². The average molecular weight is 454 g/mol. The summed E-state index contributed by atoms with van der Waals surface area (Å²) in [6, 6.07) is 7.62. The number of hydrogen-bond acceptors (Lipinski definition) is 6. The summed E-state index contributed by atoms with van der Waals surface area (Å²) in [5, 5.41) is 0. The topological polar surface area (TPSA) is 73.8 Å². The van der Waals surface area contributed by atoms with E-state index < -0.39 is 0 Å². The highest BCUT2D eigenvalue weighted by Crippen LogP contribution is 2.44. The first kappa shape index (κ1) is 23.6. The van der Waals surface area contributed by atoms with Gasteiger partial charge >= 0.3 is 0 Å². The zero-order valence-corrected chi connectivity index (χ0v) is 20.1. The van der Waals surface area contributed by atoms with Gasteiger partial charge in [-0.1, -0.05) is 6.07 Å². The smallest absolute Gasteiger partial charge is 0.272 e. The van der Waals surface area contributed by atoms with Crippen molar-refractivity contribution in [3.63, 3.8) is 0 Å². The lowest BCUT2D eigenvalue weighted by atomic mass is 9.81. The van der Waals surface area contributed by atoms with Crippen molar-refractivity contribution in [2.24, 2.45) is 0 Å². The van der Waals surface area contributed by atoms with Crippen LogP contribution in [0, 0.1) is 6.92 Å². The summed E-state index contributed by atoms with van der Waals surface area (Å²) >= 11 is 0. The van der Waals surface area contributed by atoms with Crippen molar-refractivity contribution >= 4 is 5.91 Å². The Balaban J connectivity index is 1.44. The number of likely N-dealkylation sites (tertiary alicyclic amines) is 1. The van der Waals surface area contributed by atoms with Crippen molar-refractivity contribution < 1.29 is 19.0 Å². The molecule has 178 valence electrons. The predicted molar refractivity (Wildman–Crippen MR) is 125 cm³/mol. The van der Waals surface area contributed by atoms with E-state index in [9.17, 15) is 4.79 Å². The third-order valence-electron chi connectivity index (χ3n) is 6.51. The zero-order valence-electron chi connectivity index (χ0n) is 20.1. The number of carbonyl (C=O) groups is 1. The van der Waals surface area contributed by atoms with Crippen LogP contribution in [0.25, 0.3) is 0 Å². The fourth-order valence-electron chi connectivity index (χ4n) is 4.92. The molecule has 0 saturated carbocycles. The van der Waals surface area contributed by atoms with Gasteiger partial charge in [-0.3, -0.25) is 9.78 Å². The van der Waals surface area contributed by atoms with Crippen LogP contribution >= 0.6 is 0 Å². The maximum absolute atomic E-state index is 13.2. The lowest BCUT2D eigenvalue weighted by Gasteiger charge is -2.48. The van der Waals surface area contributed by atoms with Gasteiger partial charge in [0.25, 0.3) is 5.91 Å². The number of nitrogens with zero attached hydrogens (tertiary/aromatic N) is 3. The van der Waals surface area contributed by atoms with Crippen molar-refractivity contribution in [3.8, 4) is 5.75 Å². The molecule has 0 N–H and O–H groups in total. The molecule has 7 heteroatoms. The second-order valence-electron chi connectivity index (χ2n) is 9.33. The van der Waals surface area contributed by atoms with Crippen LogP contribution in [0.4, 0.5) is 0 Å². The fourth-order valence-corrected chi connectivity index (χ4v) is 4.92. The summed E-state index contributed by atoms with van der Waals surface area (Å²) in [6.45, 7) is 9.84. The summed E-state index contributed by atoms with van der Waals surface area (Å²) < 4.78 is 18.5. The molecule has 1 spiro atoms. The normalized spacial score (nSPS) is 22.5. The van der Waals surface area contributed by atoms with Gasteiger partial charge in [-0.25, -0.2) is 4.98 Å². The van der Waals surface area contributed by atoms with E-state index in [2.05, 4.69) is 16.0 Å². The first-order valence-electron chi connectivity index (χ1n) is 12.0. The van der Waals surface area contributed by atoms with Crippen molar-refractivity contribution in [2.75, 3.05) is 19.7 Å². The molecular formula is C26H35N3O4. The molecule has 1 amide bonds. The monoisotopic (exact) mass is 453 g/mol. The Morgan fingerprint density at radius 3 is 2.70 bits per heavy atom. The van der Waals surface area contributed by atoms with E-state index in [1.165, 1.54) is 0 Å². The molecule has 2 fully saturated rings. The number of hydrogen-bond donors (Lipinski definition) is 0. The molecule has 0 aliphatic carbocycles. The third-order valence-corrected chi connectivity index (χ3v) is 6.51. The van der Waals surface area contributed by atoms with Crippen molar-refractivity contribution in [1.82, 2.24) is 14.9 Å². The summed E-state index contributed by atoms with van der Waals surface area (Å²) in [4.78, 5) is 23.8. The number of piperidine rings is 1. The summed E-state index contributed by atoms with van der Waals surface area (Å²) in [6.07, 6.45) is 7.10. The number of amides is 1. The minimum Gasteiger partial charge on any atom is -0.489 e. The number of aryl methyl sites for hydroxylation is 1. The van der Waals surface area contributed by atoms with Crippen LogP contribution in [0.1, 0.15) is 74.3 Å². The average Bonchev–Trinajstić information content (AvgIpc) is 2.81. The van der Waals surface area contributed by atoms with Crippen LogP contribution in [0.2, 0.25) is 0 Å². The van der Waals surface area contributed by atoms with E-state index in [0.717, 1.165) is 42.7 Å². The van der Waals surface area contributed by atoms with Gasteiger partial charge in [-0.15, -0.1) is 0 Å². The summed E-state index contributed by atoms with van der Waals surface area (Å²) in [5.41, 5.74) is 2.00. The molecule has 33 heavy (non-hydrogen) atoms. The standard InChI is InChI=1S/C26H35N3O4/c1-5-31-21-15-24(20-7-6-12-27-17-20)33-26(16-21)10-13-29(14-11-26)25(30)22-8-9-23(19(4)28-22)32-18(2)3/h6-9,12,17-18,21,24H,5,10-11,13-16H2,1-4H3/t21-,24-/m1/s1. The molecule has 0 aromatic carbocycles. The van der Waals surface area contributed by atoms with Crippen molar-refractivity contribution in [1.29, 1.82) is 0 Å². The highest BCUT2D eigenvalue weighted by Gasteiger charge is 2.45. The Labute approximate surface area is 196 Å². The molecule has 0 bridgehead atoms. The van der Waals surface area contributed by atoms with E-state index in [1.807, 2.05) is 50.9 Å². The van der Waals surface area contributed by atoms with Crippen molar-refractivity contribution in [2.45, 2.75) is 77.3 Å². The Morgan fingerprint density at radius 2 is 2.06 bits per heavy atom. The molecule has 2 aliphatic heterocycles. The summed E-state index contributed by atoms with van der Waals surface area (Å²) in [5.74, 6) is 0.684. The highest BCUT2D eigenvalue weighted by atomic mass is 16.5. The lowest BCUT2D eigenvalue weighted by molar-refractivity contribution is -0.190. The second-order valence-corrected chi connectivity index (χ2v) is 9.33. The van der Waals surface area contributed by atoms with Gasteiger partial charge in [0.1, 0.15) is 11.4 Å². The Kier molecular flexibility index (Phi) is 7.29. The predicted octanol–water partition coefficient (Wildman–Crippen LogP) is 4.50. The number of aromatic nitrogens is 2. The number of carbonyl (C=O) groups excluding carboxylic acids is 1. The molecule has 0 radical (unpaired) electrons. The minimum atomic E-state index is -0.284. The molecule has 2 saturated heterocycles. The molecule has 2 aliphatic rings. The quantitative estimate of drug-likeness (QED) is 0.641. The lowest BCUT2D eigenvalue weighted by Crippen LogP contribution is -2.52. The fraction of sp³-hybridized carbons (Fsp3) is 0.577. The maximum atomic E-state index is 13.2. The van der Waals surface area contributed by atoms with Gasteiger partial charge in [0.2, 0.25) is 0 Å². The van der Waals surface area contributed by atoms with Gasteiger partial charge in [-0.05, 0) is 64.3 Å². The van der Waals surface area contributed by atoms with Gasteiger partial charge < -0.3 is 19.1 Å². The molecule has 2 atom stereocenters. The SMILES string of the molecule is CCO[C@@H]1C[C@H](c2cccnc2)OC2(CCN(C(=O)c3ccc(OC(C)C)c(C)n3)CC2)C1. The van der Waals surface area contributed by atoms with E-state index in [-0.39, 0.29) is 29.8 Å². The third kappa shape index (κ3) is 5.53. The molecule has 2 aromatic rings. The number of ether oxygens (including phenoxy) is 3. The first-order chi connectivity index (χ1) is 15.9. The molecule has 4 rings (SSSR count). The Morgan fingerprint density at radius 1 is 1.27 bits per heavy atom. The van der Waals surface area contributed by atoms with Crippen LogP contribution in [-0.4, -0.2) is 58.3 Å². The molecule has 7 nitrogen and oxygen atoms in total. The van der Waals surface area contributed by atoms with Crippen LogP contribution in [0.3, 0.4) is 0 Å². The minimum absolute atomic E-state index is 0.0370. The molecular weight excluding hydrogens is 418 g/mol. The van der Waals surface area contributed by atoms with E-state index >= 15 is 0 Å². The van der Waals surface area contributed by atoms with Crippen LogP contribution in [-0.2, 0) is 9.47 Å².